The summed E-state index contributed by atoms with van der Waals surface area (Å²) in [6.07, 6.45) is -1.80. The fourth-order valence-corrected chi connectivity index (χ4v) is 3.14. The van der Waals surface area contributed by atoms with Crippen molar-refractivity contribution < 1.29 is 24.0 Å². The molecule has 0 fully saturated rings. The average Bonchev–Trinajstić information content (AvgIpc) is 2.69. The van der Waals surface area contributed by atoms with E-state index < -0.39 is 28.3 Å². The molecule has 0 heterocycles. The Kier molecular flexibility index (Phi) is 8.26. The average molecular weight is 472 g/mol. The van der Waals surface area contributed by atoms with Gasteiger partial charge in [-0.2, -0.15) is 0 Å². The molecule has 0 bridgehead atoms. The van der Waals surface area contributed by atoms with Crippen LogP contribution in [-0.4, -0.2) is 40.3 Å². The van der Waals surface area contributed by atoms with E-state index in [2.05, 4.69) is 0 Å². The first kappa shape index (κ1) is 26.6. The van der Waals surface area contributed by atoms with Gasteiger partial charge in [0, 0.05) is 37.0 Å². The van der Waals surface area contributed by atoms with Crippen LogP contribution in [0, 0.1) is 10.1 Å². The van der Waals surface area contributed by atoms with Crippen LogP contribution in [0.2, 0.25) is 0 Å². The maximum Gasteiger partial charge on any atom is 0.420 e. The van der Waals surface area contributed by atoms with Gasteiger partial charge in [0.15, 0.2) is 0 Å². The van der Waals surface area contributed by atoms with Crippen LogP contribution in [-0.2, 0) is 22.6 Å². The number of non-ortho nitro benzene ring substituents is 1. The molecule has 2 rings (SSSR count). The topological polar surface area (TPSA) is 102 Å². The Morgan fingerprint density at radius 2 is 1.41 bits per heavy atom. The standard InChI is InChI=1S/C25H33N3O6/c1-24(2,3)33-22(29)27(23(30)34-25(4,5)6)17-19-15-20(28(31)32)13-14-21(19)26(7)16-18-11-9-8-10-12-18/h8-15H,16-17H2,1-7H3. The lowest BCUT2D eigenvalue weighted by Crippen LogP contribution is -2.43. The summed E-state index contributed by atoms with van der Waals surface area (Å²) in [7, 11) is 1.84. The largest absolute Gasteiger partial charge is 0.443 e. The van der Waals surface area contributed by atoms with Crippen LogP contribution in [0.15, 0.2) is 48.5 Å². The molecule has 2 aromatic rings. The number of hydrogen-bond acceptors (Lipinski definition) is 7. The molecule has 2 aromatic carbocycles. The number of nitro groups is 1. The van der Waals surface area contributed by atoms with Gasteiger partial charge in [-0.1, -0.05) is 30.3 Å². The fourth-order valence-electron chi connectivity index (χ4n) is 3.14. The smallest absolute Gasteiger partial charge is 0.420 e. The molecule has 9 nitrogen and oxygen atoms in total. The molecule has 9 heteroatoms. The Balaban J connectivity index is 2.47. The van der Waals surface area contributed by atoms with Crippen molar-refractivity contribution in [1.82, 2.24) is 4.90 Å². The van der Waals surface area contributed by atoms with Gasteiger partial charge in [-0.3, -0.25) is 10.1 Å². The Morgan fingerprint density at radius 1 is 0.882 bits per heavy atom. The number of nitro benzene ring substituents is 1. The van der Waals surface area contributed by atoms with E-state index in [-0.39, 0.29) is 12.2 Å². The SMILES string of the molecule is CN(Cc1ccccc1)c1ccc([N+](=O)[O-])cc1CN(C(=O)OC(C)(C)C)C(=O)OC(C)(C)C. The highest BCUT2D eigenvalue weighted by Gasteiger charge is 2.32. The maximum absolute atomic E-state index is 12.9. The van der Waals surface area contributed by atoms with E-state index in [9.17, 15) is 19.7 Å². The second-order valence-electron chi connectivity index (χ2n) is 9.96. The van der Waals surface area contributed by atoms with Crippen LogP contribution < -0.4 is 4.90 Å². The van der Waals surface area contributed by atoms with Crippen LogP contribution in [0.3, 0.4) is 0 Å². The van der Waals surface area contributed by atoms with E-state index in [4.69, 9.17) is 9.47 Å². The van der Waals surface area contributed by atoms with Crippen molar-refractivity contribution in [3.63, 3.8) is 0 Å². The highest BCUT2D eigenvalue weighted by molar-refractivity contribution is 5.88. The molecular formula is C25H33N3O6. The lowest BCUT2D eigenvalue weighted by atomic mass is 10.1. The minimum atomic E-state index is -0.898. The zero-order valence-electron chi connectivity index (χ0n) is 20.8. The molecule has 0 aliphatic heterocycles. The van der Waals surface area contributed by atoms with Crippen molar-refractivity contribution in [2.24, 2.45) is 0 Å². The Hall–Kier alpha value is -3.62. The number of amides is 2. The number of nitrogens with zero attached hydrogens (tertiary/aromatic N) is 3. The van der Waals surface area contributed by atoms with E-state index in [0.717, 1.165) is 10.5 Å². The van der Waals surface area contributed by atoms with Gasteiger partial charge in [-0.05, 0) is 53.2 Å². The van der Waals surface area contributed by atoms with Gasteiger partial charge in [0.1, 0.15) is 11.2 Å². The molecule has 0 unspecified atom stereocenters. The van der Waals surface area contributed by atoms with Crippen molar-refractivity contribution in [3.8, 4) is 0 Å². The summed E-state index contributed by atoms with van der Waals surface area (Å²) in [6.45, 7) is 10.4. The fraction of sp³-hybridized carbons (Fsp3) is 0.440. The predicted molar refractivity (Wildman–Crippen MR) is 130 cm³/mol. The number of hydrogen-bond donors (Lipinski definition) is 0. The summed E-state index contributed by atoms with van der Waals surface area (Å²) in [4.78, 5) is 39.5. The van der Waals surface area contributed by atoms with Crippen LogP contribution >= 0.6 is 0 Å². The van der Waals surface area contributed by atoms with Crippen LogP contribution in [0.5, 0.6) is 0 Å². The van der Waals surface area contributed by atoms with E-state index >= 15 is 0 Å². The lowest BCUT2D eigenvalue weighted by Gasteiger charge is -2.30. The van der Waals surface area contributed by atoms with Gasteiger partial charge in [0.25, 0.3) is 5.69 Å². The maximum atomic E-state index is 12.9. The zero-order chi connectivity index (χ0) is 25.7. The minimum absolute atomic E-state index is 0.153. The van der Waals surface area contributed by atoms with Crippen LogP contribution in [0.1, 0.15) is 52.7 Å². The third kappa shape index (κ3) is 8.06. The Bertz CT molecular complexity index is 997. The first-order valence-corrected chi connectivity index (χ1v) is 10.9. The number of imide groups is 1. The summed E-state index contributed by atoms with van der Waals surface area (Å²) < 4.78 is 10.8. The molecule has 0 aromatic heterocycles. The molecule has 0 saturated heterocycles. The highest BCUT2D eigenvalue weighted by Crippen LogP contribution is 2.28. The molecule has 184 valence electrons. The van der Waals surface area contributed by atoms with Gasteiger partial charge < -0.3 is 14.4 Å². The second kappa shape index (κ2) is 10.5. The third-order valence-electron chi connectivity index (χ3n) is 4.50. The lowest BCUT2D eigenvalue weighted by molar-refractivity contribution is -0.384. The monoisotopic (exact) mass is 471 g/mol. The molecule has 0 saturated carbocycles. The van der Waals surface area contributed by atoms with Crippen molar-refractivity contribution >= 4 is 23.6 Å². The molecule has 0 aliphatic carbocycles. The summed E-state index contributed by atoms with van der Waals surface area (Å²) in [5.41, 5.74) is 0.210. The Labute approximate surface area is 200 Å². The van der Waals surface area contributed by atoms with Crippen molar-refractivity contribution in [1.29, 1.82) is 0 Å². The second-order valence-corrected chi connectivity index (χ2v) is 9.96. The molecule has 0 N–H and O–H groups in total. The molecule has 34 heavy (non-hydrogen) atoms. The highest BCUT2D eigenvalue weighted by atomic mass is 16.6. The first-order valence-electron chi connectivity index (χ1n) is 10.9. The number of rotatable bonds is 6. The predicted octanol–water partition coefficient (Wildman–Crippen LogP) is 5.90. The van der Waals surface area contributed by atoms with Crippen LogP contribution in [0.4, 0.5) is 21.0 Å². The van der Waals surface area contributed by atoms with Gasteiger partial charge in [0.2, 0.25) is 0 Å². The molecular weight excluding hydrogens is 438 g/mol. The van der Waals surface area contributed by atoms with E-state index in [1.165, 1.54) is 12.1 Å². The normalized spacial score (nSPS) is 11.5. The summed E-state index contributed by atoms with van der Waals surface area (Å²) in [5, 5.41) is 11.4. The Morgan fingerprint density at radius 3 is 1.88 bits per heavy atom. The molecule has 0 atom stereocenters. The van der Waals surface area contributed by atoms with E-state index in [1.807, 2.05) is 42.3 Å². The number of ether oxygens (including phenoxy) is 2. The number of carbonyl (C=O) groups excluding carboxylic acids is 2. The number of anilines is 1. The summed E-state index contributed by atoms with van der Waals surface area (Å²) in [6, 6.07) is 14.1. The van der Waals surface area contributed by atoms with Crippen molar-refractivity contribution in [3.05, 3.63) is 69.8 Å². The molecule has 0 aliphatic rings. The number of carbonyl (C=O) groups is 2. The zero-order valence-corrected chi connectivity index (χ0v) is 20.8. The van der Waals surface area contributed by atoms with E-state index in [1.54, 1.807) is 47.6 Å². The number of benzene rings is 2. The minimum Gasteiger partial charge on any atom is -0.443 e. The molecule has 0 radical (unpaired) electrons. The summed E-state index contributed by atoms with van der Waals surface area (Å²) >= 11 is 0. The summed E-state index contributed by atoms with van der Waals surface area (Å²) in [5.74, 6) is 0. The van der Waals surface area contributed by atoms with Gasteiger partial charge in [-0.15, -0.1) is 0 Å². The van der Waals surface area contributed by atoms with Gasteiger partial charge >= 0.3 is 12.2 Å². The first-order chi connectivity index (χ1) is 15.7. The van der Waals surface area contributed by atoms with Gasteiger partial charge in [0.05, 0.1) is 11.5 Å². The van der Waals surface area contributed by atoms with Crippen molar-refractivity contribution in [2.75, 3.05) is 11.9 Å². The van der Waals surface area contributed by atoms with Crippen molar-refractivity contribution in [2.45, 2.75) is 65.8 Å². The van der Waals surface area contributed by atoms with Gasteiger partial charge in [-0.25, -0.2) is 14.5 Å². The van der Waals surface area contributed by atoms with E-state index in [0.29, 0.717) is 17.8 Å². The molecule has 2 amide bonds. The molecule has 0 spiro atoms. The quantitative estimate of drug-likeness (QED) is 0.381. The third-order valence-corrected chi connectivity index (χ3v) is 4.50. The van der Waals surface area contributed by atoms with Crippen LogP contribution in [0.25, 0.3) is 0 Å².